The van der Waals surface area contributed by atoms with E-state index in [-0.39, 0.29) is 17.0 Å². The van der Waals surface area contributed by atoms with Gasteiger partial charge in [0.2, 0.25) is 0 Å². The van der Waals surface area contributed by atoms with Crippen LogP contribution < -0.4 is 4.74 Å². The molecule has 1 heterocycles. The molecule has 1 atom stereocenters. The molecular formula is C30H24ClFN2O4. The van der Waals surface area contributed by atoms with Crippen molar-refractivity contribution in [2.45, 2.75) is 18.9 Å². The number of nitrogens with zero attached hydrogens (tertiary/aromatic N) is 2. The maximum atomic E-state index is 14.1. The van der Waals surface area contributed by atoms with Crippen LogP contribution in [0.5, 0.6) is 5.75 Å². The minimum atomic E-state index is -0.760. The summed E-state index contributed by atoms with van der Waals surface area (Å²) in [6.07, 6.45) is 0.0987. The third-order valence-corrected chi connectivity index (χ3v) is 6.84. The Morgan fingerprint density at radius 1 is 1.00 bits per heavy atom. The van der Waals surface area contributed by atoms with E-state index in [9.17, 15) is 14.0 Å². The zero-order chi connectivity index (χ0) is 26.6. The topological polar surface area (TPSA) is 68.2 Å². The highest BCUT2D eigenvalue weighted by Crippen LogP contribution is 2.34. The van der Waals surface area contributed by atoms with Crippen LogP contribution in [0.2, 0.25) is 5.02 Å². The molecule has 0 fully saturated rings. The van der Waals surface area contributed by atoms with E-state index in [0.29, 0.717) is 12.2 Å². The molecule has 0 aromatic heterocycles. The zero-order valence-corrected chi connectivity index (χ0v) is 21.3. The summed E-state index contributed by atoms with van der Waals surface area (Å²) in [5.74, 6) is -1.16. The molecule has 38 heavy (non-hydrogen) atoms. The lowest BCUT2D eigenvalue weighted by Crippen LogP contribution is -2.31. The molecule has 4 aromatic carbocycles. The van der Waals surface area contributed by atoms with Crippen molar-refractivity contribution < 1.29 is 23.5 Å². The number of hydrogen-bond acceptors (Lipinski definition) is 5. The number of carbonyl (C=O) groups is 2. The average molecular weight is 531 g/mol. The number of esters is 1. The minimum absolute atomic E-state index is 0.0282. The maximum Gasteiger partial charge on any atom is 0.310 e. The highest BCUT2D eigenvalue weighted by atomic mass is 35.5. The highest BCUT2D eigenvalue weighted by molar-refractivity contribution is 6.31. The summed E-state index contributed by atoms with van der Waals surface area (Å²) < 4.78 is 24.5. The lowest BCUT2D eigenvalue weighted by molar-refractivity contribution is -0.152. The van der Waals surface area contributed by atoms with Crippen molar-refractivity contribution in [3.05, 3.63) is 112 Å². The summed E-state index contributed by atoms with van der Waals surface area (Å²) in [5.41, 5.74) is 2.54. The molecule has 0 unspecified atom stereocenters. The Labute approximate surface area is 224 Å². The fourth-order valence-electron chi connectivity index (χ4n) is 4.47. The van der Waals surface area contributed by atoms with Crippen LogP contribution in [0.4, 0.5) is 4.39 Å². The Balaban J connectivity index is 1.37. The van der Waals surface area contributed by atoms with E-state index in [1.165, 1.54) is 23.2 Å². The molecule has 0 saturated carbocycles. The molecule has 8 heteroatoms. The van der Waals surface area contributed by atoms with Gasteiger partial charge in [0.15, 0.2) is 6.61 Å². The number of rotatable bonds is 7. The van der Waals surface area contributed by atoms with Gasteiger partial charge >= 0.3 is 5.97 Å². The summed E-state index contributed by atoms with van der Waals surface area (Å²) in [4.78, 5) is 25.6. The van der Waals surface area contributed by atoms with Gasteiger partial charge in [-0.05, 0) is 52.2 Å². The first-order valence-electron chi connectivity index (χ1n) is 12.0. The smallest absolute Gasteiger partial charge is 0.310 e. The molecule has 0 spiro atoms. The van der Waals surface area contributed by atoms with E-state index in [1.54, 1.807) is 7.11 Å². The molecule has 0 bridgehead atoms. The maximum absolute atomic E-state index is 14.1. The van der Waals surface area contributed by atoms with Crippen molar-refractivity contribution in [3.8, 4) is 5.75 Å². The van der Waals surface area contributed by atoms with E-state index in [1.807, 2.05) is 66.7 Å². The number of fused-ring (bicyclic) bond motifs is 1. The van der Waals surface area contributed by atoms with Crippen molar-refractivity contribution >= 4 is 40.0 Å². The third kappa shape index (κ3) is 5.38. The first-order valence-corrected chi connectivity index (χ1v) is 12.4. The number of carbonyl (C=O) groups excluding carboxylic acids is 2. The number of benzene rings is 4. The molecule has 4 aromatic rings. The van der Waals surface area contributed by atoms with Gasteiger partial charge in [0, 0.05) is 17.0 Å². The lowest BCUT2D eigenvalue weighted by atomic mass is 9.97. The predicted octanol–water partition coefficient (Wildman–Crippen LogP) is 6.10. The summed E-state index contributed by atoms with van der Waals surface area (Å²) in [7, 11) is 1.59. The average Bonchev–Trinajstić information content (AvgIpc) is 3.39. The van der Waals surface area contributed by atoms with Gasteiger partial charge < -0.3 is 9.47 Å². The Kier molecular flexibility index (Phi) is 7.38. The molecule has 0 aliphatic carbocycles. The summed E-state index contributed by atoms with van der Waals surface area (Å²) >= 11 is 6.01. The zero-order valence-electron chi connectivity index (χ0n) is 20.6. The number of hydrogen-bond donors (Lipinski definition) is 0. The second-order valence-corrected chi connectivity index (χ2v) is 9.28. The van der Waals surface area contributed by atoms with Gasteiger partial charge in [-0.2, -0.15) is 5.10 Å². The van der Waals surface area contributed by atoms with E-state index < -0.39 is 30.3 Å². The van der Waals surface area contributed by atoms with E-state index in [0.717, 1.165) is 27.6 Å². The molecular weight excluding hydrogens is 507 g/mol. The predicted molar refractivity (Wildman–Crippen MR) is 144 cm³/mol. The van der Waals surface area contributed by atoms with Gasteiger partial charge in [0.25, 0.3) is 5.91 Å². The largest absolute Gasteiger partial charge is 0.497 e. The van der Waals surface area contributed by atoms with Crippen LogP contribution in [0.15, 0.2) is 90.0 Å². The second-order valence-electron chi connectivity index (χ2n) is 8.88. The molecule has 0 saturated heterocycles. The normalized spacial score (nSPS) is 14.9. The molecule has 1 aliphatic heterocycles. The Hall–Kier alpha value is -4.23. The van der Waals surface area contributed by atoms with Crippen molar-refractivity contribution in [2.75, 3.05) is 13.7 Å². The molecule has 5 rings (SSSR count). The number of hydrazone groups is 1. The fourth-order valence-corrected chi connectivity index (χ4v) is 4.70. The quantitative estimate of drug-likeness (QED) is 0.271. The van der Waals surface area contributed by atoms with E-state index in [2.05, 4.69) is 5.10 Å². The van der Waals surface area contributed by atoms with Gasteiger partial charge in [-0.15, -0.1) is 0 Å². The molecule has 0 radical (unpaired) electrons. The van der Waals surface area contributed by atoms with E-state index >= 15 is 0 Å². The Bertz CT molecular complexity index is 1520. The number of ether oxygens (including phenoxy) is 2. The molecule has 1 amide bonds. The van der Waals surface area contributed by atoms with Crippen molar-refractivity contribution in [1.29, 1.82) is 0 Å². The van der Waals surface area contributed by atoms with Gasteiger partial charge in [-0.3, -0.25) is 9.59 Å². The van der Waals surface area contributed by atoms with Gasteiger partial charge in [0.05, 0.1) is 25.3 Å². The van der Waals surface area contributed by atoms with Crippen molar-refractivity contribution in [2.24, 2.45) is 5.10 Å². The number of methoxy groups -OCH3 is 1. The molecule has 0 N–H and O–H groups in total. The van der Waals surface area contributed by atoms with Crippen LogP contribution in [0.1, 0.15) is 29.2 Å². The highest BCUT2D eigenvalue weighted by Gasteiger charge is 2.33. The third-order valence-electron chi connectivity index (χ3n) is 6.49. The van der Waals surface area contributed by atoms with Crippen molar-refractivity contribution in [1.82, 2.24) is 5.01 Å². The Morgan fingerprint density at radius 3 is 2.50 bits per heavy atom. The monoisotopic (exact) mass is 530 g/mol. The van der Waals surface area contributed by atoms with Crippen LogP contribution in [0.3, 0.4) is 0 Å². The fraction of sp³-hybridized carbons (Fsp3) is 0.167. The van der Waals surface area contributed by atoms with Crippen molar-refractivity contribution in [3.63, 3.8) is 0 Å². The van der Waals surface area contributed by atoms with Crippen LogP contribution in [-0.4, -0.2) is 36.3 Å². The lowest BCUT2D eigenvalue weighted by Gasteiger charge is -2.22. The SMILES string of the molecule is COc1ccc([C@H]2CC(c3ccc4ccccc4c3)=NN2C(=O)COC(=O)Cc2c(F)cccc2Cl)cc1. The van der Waals surface area contributed by atoms with E-state index in [4.69, 9.17) is 21.1 Å². The first-order chi connectivity index (χ1) is 18.4. The van der Waals surface area contributed by atoms with Crippen LogP contribution in [0.25, 0.3) is 10.8 Å². The summed E-state index contributed by atoms with van der Waals surface area (Å²) in [6, 6.07) is 25.3. The first kappa shape index (κ1) is 25.4. The summed E-state index contributed by atoms with van der Waals surface area (Å²) in [5, 5.41) is 8.31. The Morgan fingerprint density at radius 2 is 1.76 bits per heavy atom. The van der Waals surface area contributed by atoms with Gasteiger partial charge in [0.1, 0.15) is 11.6 Å². The molecule has 1 aliphatic rings. The molecule has 192 valence electrons. The van der Waals surface area contributed by atoms with Crippen LogP contribution in [-0.2, 0) is 20.7 Å². The molecule has 6 nitrogen and oxygen atoms in total. The standard InChI is InChI=1S/C30H24ClFN2O4/c1-37-23-13-11-20(12-14-23)28-17-27(22-10-9-19-5-2-3-6-21(19)15-22)33-34(28)29(35)18-38-30(36)16-24-25(31)7-4-8-26(24)32/h2-15,28H,16-18H2,1H3/t28-/m1/s1. The van der Waals surface area contributed by atoms with Gasteiger partial charge in [-0.1, -0.05) is 66.2 Å². The van der Waals surface area contributed by atoms with Crippen LogP contribution >= 0.6 is 11.6 Å². The summed E-state index contributed by atoms with van der Waals surface area (Å²) in [6.45, 7) is -0.536. The van der Waals surface area contributed by atoms with Crippen LogP contribution in [0, 0.1) is 5.82 Å². The number of amides is 1. The number of halogens is 2. The second kappa shape index (κ2) is 11.0. The van der Waals surface area contributed by atoms with Gasteiger partial charge in [-0.25, -0.2) is 9.40 Å². The minimum Gasteiger partial charge on any atom is -0.497 e.